The lowest BCUT2D eigenvalue weighted by molar-refractivity contribution is -0.163. The average molecular weight is 176 g/mol. The van der Waals surface area contributed by atoms with Crippen LogP contribution in [-0.2, 0) is 14.3 Å². The first-order valence-corrected chi connectivity index (χ1v) is 4.09. The second-order valence-electron chi connectivity index (χ2n) is 2.48. The van der Waals surface area contributed by atoms with Gasteiger partial charge in [-0.15, -0.1) is 0 Å². The van der Waals surface area contributed by atoms with Gasteiger partial charge in [-0.3, -0.25) is 4.79 Å². The van der Waals surface area contributed by atoms with Crippen LogP contribution in [0.1, 0.15) is 26.7 Å². The third-order valence-corrected chi connectivity index (χ3v) is 1.24. The van der Waals surface area contributed by atoms with Crippen molar-refractivity contribution in [2.75, 3.05) is 13.2 Å². The highest BCUT2D eigenvalue weighted by Gasteiger charge is 2.04. The largest absolute Gasteiger partial charge is 0.460 e. The van der Waals surface area contributed by atoms with Crippen molar-refractivity contribution in [1.29, 1.82) is 0 Å². The Morgan fingerprint density at radius 1 is 1.58 bits per heavy atom. The lowest BCUT2D eigenvalue weighted by Gasteiger charge is -2.10. The molecule has 0 heterocycles. The first-order chi connectivity index (χ1) is 5.66. The molecule has 0 aromatic heterocycles. The summed E-state index contributed by atoms with van der Waals surface area (Å²) in [6.07, 6.45) is 0.928. The third-order valence-electron chi connectivity index (χ3n) is 1.24. The van der Waals surface area contributed by atoms with Crippen LogP contribution in [0.15, 0.2) is 0 Å². The molecule has 0 bridgehead atoms. The minimum absolute atomic E-state index is 0.0843. The molecule has 0 spiro atoms. The number of esters is 1. The molecule has 0 fully saturated rings. The molecule has 0 aliphatic rings. The van der Waals surface area contributed by atoms with E-state index in [1.807, 2.05) is 6.92 Å². The predicted molar refractivity (Wildman–Crippen MR) is 43.5 cm³/mol. The van der Waals surface area contributed by atoms with E-state index in [2.05, 4.69) is 4.74 Å². The zero-order valence-electron chi connectivity index (χ0n) is 7.58. The summed E-state index contributed by atoms with van der Waals surface area (Å²) in [5, 5.41) is 9.03. The molecule has 0 aliphatic heterocycles. The van der Waals surface area contributed by atoms with Crippen molar-refractivity contribution in [2.24, 2.45) is 0 Å². The summed E-state index contributed by atoms with van der Waals surface area (Å²) in [5.41, 5.74) is 0. The highest BCUT2D eigenvalue weighted by Crippen LogP contribution is 1.93. The Morgan fingerprint density at radius 2 is 2.25 bits per heavy atom. The van der Waals surface area contributed by atoms with Gasteiger partial charge in [0.25, 0.3) is 0 Å². The molecule has 1 atom stereocenters. The van der Waals surface area contributed by atoms with Crippen LogP contribution in [0.5, 0.6) is 0 Å². The maximum absolute atomic E-state index is 10.3. The van der Waals surface area contributed by atoms with Gasteiger partial charge in [0.2, 0.25) is 0 Å². The van der Waals surface area contributed by atoms with E-state index in [1.54, 1.807) is 0 Å². The highest BCUT2D eigenvalue weighted by molar-refractivity contribution is 5.65. The molecule has 0 saturated carbocycles. The van der Waals surface area contributed by atoms with Gasteiger partial charge < -0.3 is 14.6 Å². The molecule has 0 saturated heterocycles. The molecule has 4 nitrogen and oxygen atoms in total. The van der Waals surface area contributed by atoms with E-state index < -0.39 is 12.3 Å². The molecular formula is C8H16O4. The van der Waals surface area contributed by atoms with E-state index in [-0.39, 0.29) is 6.61 Å². The normalized spacial score (nSPS) is 12.6. The molecule has 0 aliphatic carbocycles. The molecule has 0 amide bonds. The summed E-state index contributed by atoms with van der Waals surface area (Å²) in [6, 6.07) is 0. The van der Waals surface area contributed by atoms with Gasteiger partial charge in [0, 0.05) is 13.5 Å². The van der Waals surface area contributed by atoms with Crippen molar-refractivity contribution >= 4 is 5.97 Å². The minimum atomic E-state index is -0.986. The molecule has 4 heteroatoms. The number of hydrogen-bond acceptors (Lipinski definition) is 4. The molecule has 0 radical (unpaired) electrons. The monoisotopic (exact) mass is 176 g/mol. The van der Waals surface area contributed by atoms with Crippen molar-refractivity contribution < 1.29 is 19.4 Å². The highest BCUT2D eigenvalue weighted by atomic mass is 16.6. The second-order valence-corrected chi connectivity index (χ2v) is 2.48. The Hall–Kier alpha value is -0.610. The second kappa shape index (κ2) is 7.06. The van der Waals surface area contributed by atoms with Crippen molar-refractivity contribution in [2.45, 2.75) is 33.0 Å². The van der Waals surface area contributed by atoms with Gasteiger partial charge in [0.05, 0.1) is 0 Å². The number of aliphatic hydroxyl groups is 1. The summed E-state index contributed by atoms with van der Waals surface area (Å²) in [4.78, 5) is 10.3. The molecule has 0 aromatic carbocycles. The zero-order valence-corrected chi connectivity index (χ0v) is 7.58. The summed E-state index contributed by atoms with van der Waals surface area (Å²) >= 11 is 0. The number of carbonyl (C=O) groups excluding carboxylic acids is 1. The average Bonchev–Trinajstić information content (AvgIpc) is 2.01. The van der Waals surface area contributed by atoms with E-state index in [9.17, 15) is 4.79 Å². The van der Waals surface area contributed by atoms with E-state index in [0.717, 1.165) is 12.8 Å². The van der Waals surface area contributed by atoms with Crippen molar-refractivity contribution in [3.8, 4) is 0 Å². The summed E-state index contributed by atoms with van der Waals surface area (Å²) in [5.74, 6) is -0.409. The van der Waals surface area contributed by atoms with Gasteiger partial charge in [-0.1, -0.05) is 13.3 Å². The van der Waals surface area contributed by atoms with Crippen LogP contribution in [0.3, 0.4) is 0 Å². The number of unbranched alkanes of at least 4 members (excludes halogenated alkanes) is 1. The number of aliphatic hydroxyl groups excluding tert-OH is 1. The first kappa shape index (κ1) is 11.4. The van der Waals surface area contributed by atoms with Gasteiger partial charge in [-0.2, -0.15) is 0 Å². The van der Waals surface area contributed by atoms with Crippen molar-refractivity contribution in [1.82, 2.24) is 0 Å². The summed E-state index contributed by atoms with van der Waals surface area (Å²) in [7, 11) is 0. The van der Waals surface area contributed by atoms with Gasteiger partial charge in [-0.25, -0.2) is 0 Å². The molecule has 1 N–H and O–H groups in total. The van der Waals surface area contributed by atoms with Crippen LogP contribution >= 0.6 is 0 Å². The molecule has 12 heavy (non-hydrogen) atoms. The van der Waals surface area contributed by atoms with Crippen LogP contribution in [-0.4, -0.2) is 30.6 Å². The van der Waals surface area contributed by atoms with E-state index in [0.29, 0.717) is 6.61 Å². The molecule has 0 aromatic rings. The molecule has 0 rings (SSSR count). The van der Waals surface area contributed by atoms with Crippen LogP contribution in [0.2, 0.25) is 0 Å². The number of ether oxygens (including phenoxy) is 2. The maximum Gasteiger partial charge on any atom is 0.302 e. The maximum atomic E-state index is 10.3. The van der Waals surface area contributed by atoms with Gasteiger partial charge in [0.15, 0.2) is 6.29 Å². The van der Waals surface area contributed by atoms with Crippen LogP contribution in [0.25, 0.3) is 0 Å². The predicted octanol–water partition coefficient (Wildman–Crippen LogP) is 0.685. The molecule has 1 unspecified atom stereocenters. The van der Waals surface area contributed by atoms with Crippen LogP contribution in [0.4, 0.5) is 0 Å². The Bertz CT molecular complexity index is 124. The fourth-order valence-electron chi connectivity index (χ4n) is 0.600. The number of hydrogen-bond donors (Lipinski definition) is 1. The van der Waals surface area contributed by atoms with Gasteiger partial charge in [-0.05, 0) is 6.42 Å². The zero-order chi connectivity index (χ0) is 9.40. The van der Waals surface area contributed by atoms with E-state index >= 15 is 0 Å². The Balaban J connectivity index is 3.21. The Kier molecular flexibility index (Phi) is 6.70. The quantitative estimate of drug-likeness (QED) is 0.367. The SMILES string of the molecule is CCCCOC(O)COC(C)=O. The van der Waals surface area contributed by atoms with Gasteiger partial charge in [0.1, 0.15) is 6.61 Å². The van der Waals surface area contributed by atoms with E-state index in [4.69, 9.17) is 9.84 Å². The Labute approximate surface area is 72.5 Å². The molecule has 72 valence electrons. The fraction of sp³-hybridized carbons (Fsp3) is 0.875. The Morgan fingerprint density at radius 3 is 2.75 bits per heavy atom. The fourth-order valence-corrected chi connectivity index (χ4v) is 0.600. The van der Waals surface area contributed by atoms with Crippen molar-refractivity contribution in [3.05, 3.63) is 0 Å². The number of rotatable bonds is 6. The summed E-state index contributed by atoms with van der Waals surface area (Å²) in [6.45, 7) is 3.73. The first-order valence-electron chi connectivity index (χ1n) is 4.09. The van der Waals surface area contributed by atoms with Crippen LogP contribution < -0.4 is 0 Å². The third kappa shape index (κ3) is 7.50. The molecular weight excluding hydrogens is 160 g/mol. The topological polar surface area (TPSA) is 55.8 Å². The summed E-state index contributed by atoms with van der Waals surface area (Å²) < 4.78 is 9.43. The standard InChI is InChI=1S/C8H16O4/c1-3-4-5-11-8(10)6-12-7(2)9/h8,10H,3-6H2,1-2H3. The lowest BCUT2D eigenvalue weighted by Crippen LogP contribution is -2.21. The van der Waals surface area contributed by atoms with Crippen molar-refractivity contribution in [3.63, 3.8) is 0 Å². The number of carbonyl (C=O) groups is 1. The van der Waals surface area contributed by atoms with Gasteiger partial charge >= 0.3 is 5.97 Å². The lowest BCUT2D eigenvalue weighted by atomic mass is 10.4. The smallest absolute Gasteiger partial charge is 0.302 e. The van der Waals surface area contributed by atoms with Crippen LogP contribution in [0, 0.1) is 0 Å². The minimum Gasteiger partial charge on any atom is -0.460 e. The van der Waals surface area contributed by atoms with E-state index in [1.165, 1.54) is 6.92 Å².